The van der Waals surface area contributed by atoms with Gasteiger partial charge in [-0.05, 0) is 25.7 Å². The molecule has 0 atom stereocenters. The lowest BCUT2D eigenvalue weighted by Gasteiger charge is -2.22. The van der Waals surface area contributed by atoms with Crippen LogP contribution in [0.15, 0.2) is 17.4 Å². The molecule has 0 radical (unpaired) electrons. The average molecular weight is 280 g/mol. The lowest BCUT2D eigenvalue weighted by molar-refractivity contribution is -0.386. The highest BCUT2D eigenvalue weighted by Gasteiger charge is 2.23. The third-order valence-corrected chi connectivity index (χ3v) is 3.26. The molecule has 0 aromatic carbocycles. The van der Waals surface area contributed by atoms with Crippen molar-refractivity contribution >= 4 is 11.5 Å². The predicted molar refractivity (Wildman–Crippen MR) is 70.9 cm³/mol. The van der Waals surface area contributed by atoms with Crippen LogP contribution >= 0.6 is 0 Å². The summed E-state index contributed by atoms with van der Waals surface area (Å²) in [4.78, 5) is 14.4. The second-order valence-corrected chi connectivity index (χ2v) is 4.67. The molecule has 1 heterocycles. The normalized spacial score (nSPS) is 16.9. The fourth-order valence-corrected chi connectivity index (χ4v) is 2.20. The minimum Gasteiger partial charge on any atom is -0.469 e. The van der Waals surface area contributed by atoms with Crippen LogP contribution in [0.3, 0.4) is 0 Å². The SMILES string of the molecule is NC(=NO)c1cnc(OC2CCCCC2)c([N+](=O)[O-])c1. The molecule has 0 saturated heterocycles. The quantitative estimate of drug-likeness (QED) is 0.285. The summed E-state index contributed by atoms with van der Waals surface area (Å²) in [5.74, 6) is -0.249. The van der Waals surface area contributed by atoms with E-state index in [1.807, 2.05) is 0 Å². The first-order valence-corrected chi connectivity index (χ1v) is 6.41. The van der Waals surface area contributed by atoms with Crippen LogP contribution in [0.2, 0.25) is 0 Å². The van der Waals surface area contributed by atoms with Crippen molar-refractivity contribution in [3.05, 3.63) is 27.9 Å². The van der Waals surface area contributed by atoms with Crippen LogP contribution in [-0.4, -0.2) is 27.1 Å². The van der Waals surface area contributed by atoms with Gasteiger partial charge in [0, 0.05) is 17.8 Å². The van der Waals surface area contributed by atoms with Crippen LogP contribution in [0.5, 0.6) is 5.88 Å². The molecule has 0 unspecified atom stereocenters. The summed E-state index contributed by atoms with van der Waals surface area (Å²) in [6.07, 6.45) is 6.28. The van der Waals surface area contributed by atoms with Gasteiger partial charge in [-0.3, -0.25) is 10.1 Å². The Morgan fingerprint density at radius 2 is 2.20 bits per heavy atom. The van der Waals surface area contributed by atoms with Gasteiger partial charge >= 0.3 is 5.69 Å². The number of amidine groups is 1. The number of oxime groups is 1. The summed E-state index contributed by atoms with van der Waals surface area (Å²) in [7, 11) is 0. The molecular formula is C12H16N4O4. The number of ether oxygens (including phenoxy) is 1. The Labute approximate surface area is 115 Å². The topological polar surface area (TPSA) is 124 Å². The van der Waals surface area contributed by atoms with Crippen molar-refractivity contribution in [3.8, 4) is 5.88 Å². The molecule has 1 saturated carbocycles. The van der Waals surface area contributed by atoms with Crippen molar-refractivity contribution in [1.82, 2.24) is 4.98 Å². The highest BCUT2D eigenvalue weighted by molar-refractivity contribution is 5.97. The van der Waals surface area contributed by atoms with E-state index in [0.29, 0.717) is 0 Å². The monoisotopic (exact) mass is 280 g/mol. The van der Waals surface area contributed by atoms with Crippen molar-refractivity contribution in [2.24, 2.45) is 10.9 Å². The lowest BCUT2D eigenvalue weighted by Crippen LogP contribution is -2.21. The maximum Gasteiger partial charge on any atom is 0.331 e. The van der Waals surface area contributed by atoms with E-state index < -0.39 is 4.92 Å². The van der Waals surface area contributed by atoms with Crippen molar-refractivity contribution in [2.75, 3.05) is 0 Å². The zero-order valence-electron chi connectivity index (χ0n) is 10.9. The van der Waals surface area contributed by atoms with Gasteiger partial charge in [-0.2, -0.15) is 0 Å². The summed E-state index contributed by atoms with van der Waals surface area (Å²) in [6.45, 7) is 0. The van der Waals surface area contributed by atoms with Crippen LogP contribution in [0.1, 0.15) is 37.7 Å². The predicted octanol–water partition coefficient (Wildman–Crippen LogP) is 1.80. The molecule has 1 fully saturated rings. The fourth-order valence-electron chi connectivity index (χ4n) is 2.20. The molecule has 8 nitrogen and oxygen atoms in total. The van der Waals surface area contributed by atoms with Crippen LogP contribution in [0.4, 0.5) is 5.69 Å². The van der Waals surface area contributed by atoms with E-state index in [2.05, 4.69) is 10.1 Å². The number of nitro groups is 1. The maximum absolute atomic E-state index is 11.1. The minimum atomic E-state index is -0.584. The number of aromatic nitrogens is 1. The smallest absolute Gasteiger partial charge is 0.331 e. The molecule has 0 aliphatic heterocycles. The Morgan fingerprint density at radius 1 is 1.50 bits per heavy atom. The summed E-state index contributed by atoms with van der Waals surface area (Å²) in [6, 6.07) is 1.19. The molecule has 0 spiro atoms. The van der Waals surface area contributed by atoms with E-state index in [9.17, 15) is 10.1 Å². The maximum atomic E-state index is 11.1. The van der Waals surface area contributed by atoms with Gasteiger partial charge in [0.1, 0.15) is 6.10 Å². The molecule has 8 heteroatoms. The van der Waals surface area contributed by atoms with Crippen molar-refractivity contribution in [1.29, 1.82) is 0 Å². The highest BCUT2D eigenvalue weighted by Crippen LogP contribution is 2.29. The minimum absolute atomic E-state index is 0.0172. The number of nitrogens with zero attached hydrogens (tertiary/aromatic N) is 3. The van der Waals surface area contributed by atoms with Gasteiger partial charge < -0.3 is 15.7 Å². The molecule has 1 aliphatic rings. The molecule has 108 valence electrons. The van der Waals surface area contributed by atoms with Gasteiger partial charge in [-0.1, -0.05) is 11.6 Å². The summed E-state index contributed by atoms with van der Waals surface area (Å²) in [5, 5.41) is 22.4. The largest absolute Gasteiger partial charge is 0.469 e. The Bertz CT molecular complexity index is 526. The molecule has 0 bridgehead atoms. The second kappa shape index (κ2) is 6.18. The van der Waals surface area contributed by atoms with Gasteiger partial charge in [0.05, 0.1) is 4.92 Å². The summed E-state index contributed by atoms with van der Waals surface area (Å²) < 4.78 is 5.62. The van der Waals surface area contributed by atoms with Crippen LogP contribution in [0, 0.1) is 10.1 Å². The summed E-state index contributed by atoms with van der Waals surface area (Å²) in [5.41, 5.74) is 5.29. The van der Waals surface area contributed by atoms with Gasteiger partial charge in [-0.25, -0.2) is 4.98 Å². The van der Waals surface area contributed by atoms with Gasteiger partial charge in [0.15, 0.2) is 5.84 Å². The first kappa shape index (κ1) is 14.0. The standard InChI is InChI=1S/C12H16N4O4/c13-11(15-17)8-6-10(16(18)19)12(14-7-8)20-9-4-2-1-3-5-9/h6-7,9,17H,1-5H2,(H2,13,15). The third kappa shape index (κ3) is 3.14. The van der Waals surface area contributed by atoms with E-state index in [0.717, 1.165) is 32.1 Å². The van der Waals surface area contributed by atoms with E-state index in [-0.39, 0.29) is 29.1 Å². The molecule has 1 aromatic heterocycles. The van der Waals surface area contributed by atoms with E-state index in [1.165, 1.54) is 12.3 Å². The molecule has 1 aromatic rings. The number of rotatable bonds is 4. The van der Waals surface area contributed by atoms with E-state index in [1.54, 1.807) is 0 Å². The van der Waals surface area contributed by atoms with E-state index in [4.69, 9.17) is 15.7 Å². The zero-order chi connectivity index (χ0) is 14.5. The molecule has 2 rings (SSSR count). The molecule has 3 N–H and O–H groups in total. The third-order valence-electron chi connectivity index (χ3n) is 3.26. The Hall–Kier alpha value is -2.38. The second-order valence-electron chi connectivity index (χ2n) is 4.67. The van der Waals surface area contributed by atoms with E-state index >= 15 is 0 Å². The first-order valence-electron chi connectivity index (χ1n) is 6.41. The molecule has 0 amide bonds. The zero-order valence-corrected chi connectivity index (χ0v) is 10.9. The van der Waals surface area contributed by atoms with Gasteiger partial charge in [0.25, 0.3) is 5.88 Å². The van der Waals surface area contributed by atoms with Crippen LogP contribution in [0.25, 0.3) is 0 Å². The first-order chi connectivity index (χ1) is 9.61. The Kier molecular flexibility index (Phi) is 4.34. The van der Waals surface area contributed by atoms with Crippen LogP contribution in [-0.2, 0) is 0 Å². The van der Waals surface area contributed by atoms with Gasteiger partial charge in [0.2, 0.25) is 0 Å². The fraction of sp³-hybridized carbons (Fsp3) is 0.500. The number of nitrogens with two attached hydrogens (primary N) is 1. The summed E-state index contributed by atoms with van der Waals surface area (Å²) >= 11 is 0. The van der Waals surface area contributed by atoms with Crippen LogP contribution < -0.4 is 10.5 Å². The number of pyridine rings is 1. The lowest BCUT2D eigenvalue weighted by atomic mass is 9.98. The van der Waals surface area contributed by atoms with Gasteiger partial charge in [-0.15, -0.1) is 0 Å². The molecular weight excluding hydrogens is 264 g/mol. The van der Waals surface area contributed by atoms with Crippen molar-refractivity contribution in [2.45, 2.75) is 38.2 Å². The number of hydrogen-bond donors (Lipinski definition) is 2. The molecule has 1 aliphatic carbocycles. The average Bonchev–Trinajstić information content (AvgIpc) is 2.47. The Morgan fingerprint density at radius 3 is 2.80 bits per heavy atom. The highest BCUT2D eigenvalue weighted by atomic mass is 16.6. The molecule has 20 heavy (non-hydrogen) atoms. The Balaban J connectivity index is 2.25. The number of hydrogen-bond acceptors (Lipinski definition) is 6. The van der Waals surface area contributed by atoms with Crippen molar-refractivity contribution in [3.63, 3.8) is 0 Å². The van der Waals surface area contributed by atoms with Crippen molar-refractivity contribution < 1.29 is 14.9 Å².